The van der Waals surface area contributed by atoms with E-state index in [9.17, 15) is 18.7 Å². The third-order valence-electron chi connectivity index (χ3n) is 3.46. The van der Waals surface area contributed by atoms with E-state index in [2.05, 4.69) is 0 Å². The number of hydrogen-bond acceptors (Lipinski definition) is 1. The van der Waals surface area contributed by atoms with Gasteiger partial charge in [0.25, 0.3) is 0 Å². The minimum atomic E-state index is -2.87. The molecular weight excluding hydrogens is 226 g/mol. The third kappa shape index (κ3) is 2.04. The van der Waals surface area contributed by atoms with E-state index in [1.165, 1.54) is 0 Å². The highest BCUT2D eigenvalue weighted by Gasteiger charge is 2.54. The molecule has 0 bridgehead atoms. The average Bonchev–Trinajstić information content (AvgIpc) is 2.56. The zero-order chi connectivity index (χ0) is 12.7. The van der Waals surface area contributed by atoms with Gasteiger partial charge in [-0.25, -0.2) is 8.78 Å². The summed E-state index contributed by atoms with van der Waals surface area (Å²) in [6.07, 6.45) is -0.954. The molecule has 0 saturated heterocycles. The summed E-state index contributed by atoms with van der Waals surface area (Å²) in [7, 11) is 0. The van der Waals surface area contributed by atoms with Gasteiger partial charge in [0.15, 0.2) is 0 Å². The van der Waals surface area contributed by atoms with Crippen LogP contribution in [0, 0.1) is 6.92 Å². The molecule has 1 saturated carbocycles. The second-order valence-electron chi connectivity index (χ2n) is 4.79. The number of aryl methyl sites for hydroxylation is 1. The molecule has 4 heteroatoms. The number of aliphatic carboxylic acids is 1. The standard InChI is InChI=1S/C13H14F2O2/c1-9-3-2-4-10(7-9)12(11(16)17)5-6-13(14,15)8-12/h2-4,7H,5-6,8H2,1H3,(H,16,17). The number of carboxylic acid groups (broad SMARTS) is 1. The maximum Gasteiger partial charge on any atom is 0.314 e. The number of hydrogen-bond donors (Lipinski definition) is 1. The minimum Gasteiger partial charge on any atom is -0.481 e. The number of halogens is 2. The topological polar surface area (TPSA) is 37.3 Å². The Hall–Kier alpha value is -1.45. The van der Waals surface area contributed by atoms with E-state index in [1.807, 2.05) is 13.0 Å². The molecule has 1 atom stereocenters. The van der Waals surface area contributed by atoms with Crippen molar-refractivity contribution in [2.24, 2.45) is 0 Å². The van der Waals surface area contributed by atoms with E-state index in [4.69, 9.17) is 0 Å². The molecule has 1 aromatic carbocycles. The molecule has 0 radical (unpaired) electrons. The van der Waals surface area contributed by atoms with Crippen LogP contribution in [-0.2, 0) is 10.2 Å². The molecule has 2 rings (SSSR count). The van der Waals surface area contributed by atoms with Gasteiger partial charge in [0.2, 0.25) is 5.92 Å². The first-order valence-electron chi connectivity index (χ1n) is 5.54. The van der Waals surface area contributed by atoms with Crippen LogP contribution in [0.4, 0.5) is 8.78 Å². The lowest BCUT2D eigenvalue weighted by atomic mass is 9.78. The van der Waals surface area contributed by atoms with Gasteiger partial charge >= 0.3 is 5.97 Å². The number of benzene rings is 1. The molecule has 1 fully saturated rings. The molecule has 0 heterocycles. The van der Waals surface area contributed by atoms with Crippen LogP contribution in [0.25, 0.3) is 0 Å². The quantitative estimate of drug-likeness (QED) is 0.862. The van der Waals surface area contributed by atoms with Crippen LogP contribution < -0.4 is 0 Å². The van der Waals surface area contributed by atoms with Crippen molar-refractivity contribution in [1.82, 2.24) is 0 Å². The molecule has 0 aromatic heterocycles. The van der Waals surface area contributed by atoms with Gasteiger partial charge in [-0.3, -0.25) is 4.79 Å². The normalized spacial score (nSPS) is 27.0. The van der Waals surface area contributed by atoms with Crippen molar-refractivity contribution in [2.75, 3.05) is 0 Å². The van der Waals surface area contributed by atoms with Gasteiger partial charge in [0.05, 0.1) is 5.41 Å². The first-order chi connectivity index (χ1) is 7.86. The van der Waals surface area contributed by atoms with Gasteiger partial charge in [0, 0.05) is 12.8 Å². The Kier molecular flexibility index (Phi) is 2.68. The van der Waals surface area contributed by atoms with Crippen LogP contribution in [-0.4, -0.2) is 17.0 Å². The van der Waals surface area contributed by atoms with Crippen LogP contribution >= 0.6 is 0 Å². The molecule has 0 amide bonds. The molecule has 0 aliphatic heterocycles. The van der Waals surface area contributed by atoms with E-state index in [-0.39, 0.29) is 12.8 Å². The van der Waals surface area contributed by atoms with Gasteiger partial charge in [0.1, 0.15) is 0 Å². The summed E-state index contributed by atoms with van der Waals surface area (Å²) in [5.74, 6) is -4.03. The van der Waals surface area contributed by atoms with Gasteiger partial charge in [-0.2, -0.15) is 0 Å². The maximum absolute atomic E-state index is 13.3. The average molecular weight is 240 g/mol. The van der Waals surface area contributed by atoms with Crippen molar-refractivity contribution in [1.29, 1.82) is 0 Å². The van der Waals surface area contributed by atoms with Gasteiger partial charge in [-0.05, 0) is 18.9 Å². The summed E-state index contributed by atoms with van der Waals surface area (Å²) in [6, 6.07) is 6.86. The first-order valence-corrected chi connectivity index (χ1v) is 5.54. The maximum atomic E-state index is 13.3. The Morgan fingerprint density at radius 3 is 2.53 bits per heavy atom. The predicted octanol–water partition coefficient (Wildman–Crippen LogP) is 3.14. The Morgan fingerprint density at radius 2 is 2.06 bits per heavy atom. The molecule has 2 nitrogen and oxygen atoms in total. The van der Waals surface area contributed by atoms with E-state index < -0.39 is 23.7 Å². The Balaban J connectivity index is 2.47. The fraction of sp³-hybridized carbons (Fsp3) is 0.462. The predicted molar refractivity (Wildman–Crippen MR) is 59.3 cm³/mol. The zero-order valence-electron chi connectivity index (χ0n) is 9.54. The van der Waals surface area contributed by atoms with Crippen LogP contribution in [0.5, 0.6) is 0 Å². The molecule has 1 unspecified atom stereocenters. The fourth-order valence-electron chi connectivity index (χ4n) is 2.51. The second-order valence-corrected chi connectivity index (χ2v) is 4.79. The third-order valence-corrected chi connectivity index (χ3v) is 3.46. The Bertz CT molecular complexity index is 456. The lowest BCUT2D eigenvalue weighted by molar-refractivity contribution is -0.144. The van der Waals surface area contributed by atoms with E-state index in [0.717, 1.165) is 5.56 Å². The smallest absolute Gasteiger partial charge is 0.314 e. The van der Waals surface area contributed by atoms with E-state index in [1.54, 1.807) is 18.2 Å². The van der Waals surface area contributed by atoms with Gasteiger partial charge in [-0.15, -0.1) is 0 Å². The largest absolute Gasteiger partial charge is 0.481 e. The SMILES string of the molecule is Cc1cccc(C2(C(=O)O)CCC(F)(F)C2)c1. The molecule has 17 heavy (non-hydrogen) atoms. The molecule has 0 spiro atoms. The van der Waals surface area contributed by atoms with Crippen molar-refractivity contribution in [3.05, 3.63) is 35.4 Å². The lowest BCUT2D eigenvalue weighted by Crippen LogP contribution is -2.34. The van der Waals surface area contributed by atoms with Gasteiger partial charge < -0.3 is 5.11 Å². The summed E-state index contributed by atoms with van der Waals surface area (Å²) in [6.45, 7) is 1.83. The molecule has 92 valence electrons. The number of rotatable bonds is 2. The number of carboxylic acids is 1. The highest BCUT2D eigenvalue weighted by Crippen LogP contribution is 2.49. The van der Waals surface area contributed by atoms with Crippen molar-refractivity contribution < 1.29 is 18.7 Å². The molecule has 1 aliphatic rings. The Morgan fingerprint density at radius 1 is 1.35 bits per heavy atom. The summed E-state index contributed by atoms with van der Waals surface area (Å²) in [4.78, 5) is 11.4. The summed E-state index contributed by atoms with van der Waals surface area (Å²) >= 11 is 0. The van der Waals surface area contributed by atoms with Crippen molar-refractivity contribution in [2.45, 2.75) is 37.5 Å². The number of alkyl halides is 2. The molecule has 1 aliphatic carbocycles. The highest BCUT2D eigenvalue weighted by atomic mass is 19.3. The Labute approximate surface area is 98.3 Å². The zero-order valence-corrected chi connectivity index (χ0v) is 9.54. The van der Waals surface area contributed by atoms with Crippen molar-refractivity contribution >= 4 is 5.97 Å². The number of carbonyl (C=O) groups is 1. The second kappa shape index (κ2) is 3.79. The summed E-state index contributed by atoms with van der Waals surface area (Å²) in [5, 5.41) is 9.31. The fourth-order valence-corrected chi connectivity index (χ4v) is 2.51. The molecular formula is C13H14F2O2. The van der Waals surface area contributed by atoms with E-state index in [0.29, 0.717) is 5.56 Å². The van der Waals surface area contributed by atoms with Crippen LogP contribution in [0.3, 0.4) is 0 Å². The van der Waals surface area contributed by atoms with E-state index >= 15 is 0 Å². The van der Waals surface area contributed by atoms with Crippen LogP contribution in [0.15, 0.2) is 24.3 Å². The van der Waals surface area contributed by atoms with Crippen LogP contribution in [0.2, 0.25) is 0 Å². The molecule has 1 N–H and O–H groups in total. The van der Waals surface area contributed by atoms with Gasteiger partial charge in [-0.1, -0.05) is 29.8 Å². The van der Waals surface area contributed by atoms with Crippen LogP contribution in [0.1, 0.15) is 30.4 Å². The minimum absolute atomic E-state index is 0.00120. The van der Waals surface area contributed by atoms with Crippen molar-refractivity contribution in [3.63, 3.8) is 0 Å². The lowest BCUT2D eigenvalue weighted by Gasteiger charge is -2.25. The monoisotopic (exact) mass is 240 g/mol. The molecule has 1 aromatic rings. The summed E-state index contributed by atoms with van der Waals surface area (Å²) < 4.78 is 26.6. The van der Waals surface area contributed by atoms with Crippen molar-refractivity contribution in [3.8, 4) is 0 Å². The summed E-state index contributed by atoms with van der Waals surface area (Å²) in [5.41, 5.74) is -0.0456. The first kappa shape index (κ1) is 12.0. The highest BCUT2D eigenvalue weighted by molar-refractivity contribution is 5.82.